The number of rotatable bonds is 5. The van der Waals surface area contributed by atoms with E-state index in [0.29, 0.717) is 6.42 Å². The zero-order valence-electron chi connectivity index (χ0n) is 10.5. The van der Waals surface area contributed by atoms with E-state index in [-0.39, 0.29) is 18.4 Å². The number of nitrogens with zero attached hydrogens (tertiary/aromatic N) is 1. The molecule has 0 saturated carbocycles. The molecule has 0 aromatic heterocycles. The largest absolute Gasteiger partial charge is 0.481 e. The van der Waals surface area contributed by atoms with Gasteiger partial charge in [-0.15, -0.1) is 0 Å². The molecule has 0 aromatic rings. The summed E-state index contributed by atoms with van der Waals surface area (Å²) in [5, 5.41) is 8.70. The lowest BCUT2D eigenvalue weighted by Crippen LogP contribution is -2.48. The van der Waals surface area contributed by atoms with E-state index in [1.165, 1.54) is 7.11 Å². The van der Waals surface area contributed by atoms with E-state index in [2.05, 4.69) is 0 Å². The molecule has 0 spiro atoms. The summed E-state index contributed by atoms with van der Waals surface area (Å²) in [7, 11) is 1.51. The highest BCUT2D eigenvalue weighted by atomic mass is 16.5. The number of hydrogen-bond donors (Lipinski definition) is 1. The lowest BCUT2D eigenvalue weighted by Gasteiger charge is -2.37. The Morgan fingerprint density at radius 2 is 2.18 bits per heavy atom. The van der Waals surface area contributed by atoms with E-state index in [4.69, 9.17) is 9.84 Å². The van der Waals surface area contributed by atoms with Crippen LogP contribution in [0.15, 0.2) is 0 Å². The second-order valence-corrected chi connectivity index (χ2v) is 4.49. The summed E-state index contributed by atoms with van der Waals surface area (Å²) in [6.45, 7) is 2.45. The second-order valence-electron chi connectivity index (χ2n) is 4.49. The van der Waals surface area contributed by atoms with E-state index in [1.807, 2.05) is 0 Å². The molecule has 1 heterocycles. The minimum atomic E-state index is -0.803. The number of piperidine rings is 1. The summed E-state index contributed by atoms with van der Waals surface area (Å²) >= 11 is 0. The Morgan fingerprint density at radius 3 is 2.76 bits per heavy atom. The molecule has 0 aromatic carbocycles. The number of carboxylic acids is 1. The highest BCUT2D eigenvalue weighted by Crippen LogP contribution is 2.22. The van der Waals surface area contributed by atoms with Crippen molar-refractivity contribution in [1.29, 1.82) is 0 Å². The fourth-order valence-corrected chi connectivity index (χ4v) is 2.22. The minimum Gasteiger partial charge on any atom is -0.481 e. The summed E-state index contributed by atoms with van der Waals surface area (Å²) in [6.07, 6.45) is 3.17. The molecule has 1 rings (SSSR count). The number of carbonyl (C=O) groups is 2. The topological polar surface area (TPSA) is 66.8 Å². The molecule has 0 aliphatic carbocycles. The zero-order chi connectivity index (χ0) is 12.8. The number of aliphatic carboxylic acids is 1. The molecule has 1 aliphatic rings. The van der Waals surface area contributed by atoms with Gasteiger partial charge >= 0.3 is 5.97 Å². The summed E-state index contributed by atoms with van der Waals surface area (Å²) in [5.74, 6) is -0.828. The van der Waals surface area contributed by atoms with Crippen molar-refractivity contribution in [2.24, 2.45) is 0 Å². The second kappa shape index (κ2) is 6.59. The van der Waals surface area contributed by atoms with Gasteiger partial charge in [0.2, 0.25) is 0 Å². The molecule has 0 unspecified atom stereocenters. The number of ether oxygens (including phenoxy) is 1. The predicted molar refractivity (Wildman–Crippen MR) is 62.7 cm³/mol. The third kappa shape index (κ3) is 4.00. The SMILES string of the molecule is CO[C@H](C)C(=O)N1CCCC[C@@H]1CCC(=O)O. The molecular formula is C12H21NO4. The standard InChI is InChI=1S/C12H21NO4/c1-9(17-2)12(16)13-8-4-3-5-10(13)6-7-11(14)15/h9-10H,3-8H2,1-2H3,(H,14,15)/t9-,10-/m1/s1. The van der Waals surface area contributed by atoms with Crippen molar-refractivity contribution in [3.05, 3.63) is 0 Å². The Bertz CT molecular complexity index is 280. The van der Waals surface area contributed by atoms with Crippen LogP contribution in [-0.2, 0) is 14.3 Å². The fourth-order valence-electron chi connectivity index (χ4n) is 2.22. The van der Waals surface area contributed by atoms with Gasteiger partial charge < -0.3 is 14.7 Å². The number of carbonyl (C=O) groups excluding carboxylic acids is 1. The van der Waals surface area contributed by atoms with Gasteiger partial charge in [0.05, 0.1) is 0 Å². The Morgan fingerprint density at radius 1 is 1.47 bits per heavy atom. The smallest absolute Gasteiger partial charge is 0.303 e. The van der Waals surface area contributed by atoms with E-state index in [0.717, 1.165) is 25.8 Å². The van der Waals surface area contributed by atoms with E-state index in [9.17, 15) is 9.59 Å². The summed E-state index contributed by atoms with van der Waals surface area (Å²) in [5.41, 5.74) is 0. The first kappa shape index (κ1) is 14.0. The van der Waals surface area contributed by atoms with Gasteiger partial charge in [0.15, 0.2) is 0 Å². The number of likely N-dealkylation sites (tertiary alicyclic amines) is 1. The average molecular weight is 243 g/mol. The lowest BCUT2D eigenvalue weighted by atomic mass is 9.97. The normalized spacial score (nSPS) is 22.2. The van der Waals surface area contributed by atoms with Crippen molar-refractivity contribution in [3.8, 4) is 0 Å². The van der Waals surface area contributed by atoms with Gasteiger partial charge in [-0.2, -0.15) is 0 Å². The Balaban J connectivity index is 2.58. The predicted octanol–water partition coefficient (Wildman–Crippen LogP) is 1.27. The van der Waals surface area contributed by atoms with Crippen LogP contribution in [0, 0.1) is 0 Å². The van der Waals surface area contributed by atoms with Crippen LogP contribution in [0.5, 0.6) is 0 Å². The molecule has 1 fully saturated rings. The van der Waals surface area contributed by atoms with E-state index in [1.54, 1.807) is 11.8 Å². The molecule has 1 amide bonds. The van der Waals surface area contributed by atoms with Crippen LogP contribution in [0.3, 0.4) is 0 Å². The molecule has 1 saturated heterocycles. The van der Waals surface area contributed by atoms with Crippen molar-refractivity contribution in [2.75, 3.05) is 13.7 Å². The van der Waals surface area contributed by atoms with Crippen LogP contribution >= 0.6 is 0 Å². The van der Waals surface area contributed by atoms with Crippen LogP contribution in [-0.4, -0.2) is 47.7 Å². The van der Waals surface area contributed by atoms with Gasteiger partial charge in [0.25, 0.3) is 5.91 Å². The first-order valence-electron chi connectivity index (χ1n) is 6.11. The maximum Gasteiger partial charge on any atom is 0.303 e. The molecule has 5 nitrogen and oxygen atoms in total. The third-order valence-electron chi connectivity index (χ3n) is 3.30. The van der Waals surface area contributed by atoms with Crippen molar-refractivity contribution in [3.63, 3.8) is 0 Å². The van der Waals surface area contributed by atoms with E-state index < -0.39 is 12.1 Å². The van der Waals surface area contributed by atoms with Crippen molar-refractivity contribution >= 4 is 11.9 Å². The molecular weight excluding hydrogens is 222 g/mol. The first-order valence-corrected chi connectivity index (χ1v) is 6.11. The molecule has 5 heteroatoms. The highest BCUT2D eigenvalue weighted by molar-refractivity contribution is 5.81. The van der Waals surface area contributed by atoms with E-state index >= 15 is 0 Å². The van der Waals surface area contributed by atoms with Crippen molar-refractivity contribution in [2.45, 2.75) is 51.2 Å². The van der Waals surface area contributed by atoms with Crippen molar-refractivity contribution < 1.29 is 19.4 Å². The number of amides is 1. The third-order valence-corrected chi connectivity index (χ3v) is 3.30. The zero-order valence-corrected chi connectivity index (χ0v) is 10.5. The molecule has 0 bridgehead atoms. The average Bonchev–Trinajstić information content (AvgIpc) is 2.34. The summed E-state index contributed by atoms with van der Waals surface area (Å²) in [6, 6.07) is 0.0601. The van der Waals surface area contributed by atoms with Gasteiger partial charge in [-0.05, 0) is 32.6 Å². The Hall–Kier alpha value is -1.10. The number of hydrogen-bond acceptors (Lipinski definition) is 3. The maximum atomic E-state index is 12.0. The first-order chi connectivity index (χ1) is 8.06. The van der Waals surface area contributed by atoms with Gasteiger partial charge in [-0.1, -0.05) is 0 Å². The monoisotopic (exact) mass is 243 g/mol. The van der Waals surface area contributed by atoms with Gasteiger partial charge in [0, 0.05) is 26.1 Å². The van der Waals surface area contributed by atoms with Crippen LogP contribution in [0.1, 0.15) is 39.0 Å². The van der Waals surface area contributed by atoms with Crippen LogP contribution < -0.4 is 0 Å². The highest BCUT2D eigenvalue weighted by Gasteiger charge is 2.29. The Kier molecular flexibility index (Phi) is 5.41. The van der Waals surface area contributed by atoms with Gasteiger partial charge in [0.1, 0.15) is 6.10 Å². The number of methoxy groups -OCH3 is 1. The van der Waals surface area contributed by atoms with Gasteiger partial charge in [-0.25, -0.2) is 0 Å². The summed E-state index contributed by atoms with van der Waals surface area (Å²) in [4.78, 5) is 24.4. The number of carboxylic acid groups (broad SMARTS) is 1. The molecule has 0 radical (unpaired) electrons. The molecule has 2 atom stereocenters. The quantitative estimate of drug-likeness (QED) is 0.789. The Labute approximate surface area is 102 Å². The fraction of sp³-hybridized carbons (Fsp3) is 0.833. The van der Waals surface area contributed by atoms with Gasteiger partial charge in [-0.3, -0.25) is 9.59 Å². The summed E-state index contributed by atoms with van der Waals surface area (Å²) < 4.78 is 5.03. The maximum absolute atomic E-state index is 12.0. The lowest BCUT2D eigenvalue weighted by molar-refractivity contribution is -0.146. The van der Waals surface area contributed by atoms with Crippen LogP contribution in [0.4, 0.5) is 0 Å². The molecule has 1 aliphatic heterocycles. The van der Waals surface area contributed by atoms with Crippen molar-refractivity contribution in [1.82, 2.24) is 4.90 Å². The molecule has 1 N–H and O–H groups in total. The van der Waals surface area contributed by atoms with Crippen LogP contribution in [0.2, 0.25) is 0 Å². The van der Waals surface area contributed by atoms with Crippen LogP contribution in [0.25, 0.3) is 0 Å². The minimum absolute atomic E-state index is 0.0254. The molecule has 98 valence electrons. The molecule has 17 heavy (non-hydrogen) atoms.